The lowest BCUT2D eigenvalue weighted by Gasteiger charge is -2.34. The van der Waals surface area contributed by atoms with Crippen molar-refractivity contribution in [2.24, 2.45) is 0 Å². The fraction of sp³-hybridized carbons (Fsp3) is 0.412. The molecule has 1 saturated heterocycles. The van der Waals surface area contributed by atoms with Crippen molar-refractivity contribution in [1.29, 1.82) is 0 Å². The summed E-state index contributed by atoms with van der Waals surface area (Å²) in [6, 6.07) is 6.30. The Morgan fingerprint density at radius 1 is 1.27 bits per heavy atom. The van der Waals surface area contributed by atoms with Gasteiger partial charge in [0.15, 0.2) is 0 Å². The smallest absolute Gasteiger partial charge is 0.269 e. The molecule has 0 saturated carbocycles. The van der Waals surface area contributed by atoms with E-state index in [4.69, 9.17) is 0 Å². The zero-order valence-corrected chi connectivity index (χ0v) is 16.1. The molecule has 0 unspecified atom stereocenters. The van der Waals surface area contributed by atoms with E-state index < -0.39 is 4.92 Å². The van der Waals surface area contributed by atoms with Gasteiger partial charge in [-0.05, 0) is 19.1 Å². The van der Waals surface area contributed by atoms with Crippen LogP contribution in [0.1, 0.15) is 10.7 Å². The van der Waals surface area contributed by atoms with Crippen LogP contribution in [0.15, 0.2) is 34.5 Å². The first-order valence-corrected chi connectivity index (χ1v) is 10.2. The van der Waals surface area contributed by atoms with Crippen LogP contribution in [0, 0.1) is 17.0 Å². The Morgan fingerprint density at radius 3 is 2.54 bits per heavy atom. The Kier molecular flexibility index (Phi) is 6.23. The molecule has 9 heteroatoms. The molecule has 0 bridgehead atoms. The Labute approximate surface area is 160 Å². The van der Waals surface area contributed by atoms with Gasteiger partial charge in [0, 0.05) is 55.1 Å². The van der Waals surface area contributed by atoms with Crippen molar-refractivity contribution in [2.45, 2.75) is 18.4 Å². The lowest BCUT2D eigenvalue weighted by molar-refractivity contribution is -0.384. The summed E-state index contributed by atoms with van der Waals surface area (Å²) < 4.78 is 0. The maximum absolute atomic E-state index is 12.4. The van der Waals surface area contributed by atoms with Crippen LogP contribution >= 0.6 is 23.1 Å². The normalized spacial score (nSPS) is 15.2. The quantitative estimate of drug-likeness (QED) is 0.427. The number of hydrogen-bond acceptors (Lipinski definition) is 7. The van der Waals surface area contributed by atoms with E-state index in [1.807, 2.05) is 11.8 Å². The monoisotopic (exact) mass is 392 g/mol. The molecule has 0 N–H and O–H groups in total. The molecule has 3 rings (SSSR count). The summed E-state index contributed by atoms with van der Waals surface area (Å²) in [6.07, 6.45) is 0. The number of carbonyl (C=O) groups excluding carboxylic acids is 1. The van der Waals surface area contributed by atoms with E-state index in [0.717, 1.165) is 48.3 Å². The molecule has 0 radical (unpaired) electrons. The third-order valence-corrected chi connectivity index (χ3v) is 6.01. The topological polar surface area (TPSA) is 79.6 Å². The number of benzene rings is 1. The zero-order valence-electron chi connectivity index (χ0n) is 14.5. The minimum Gasteiger partial charge on any atom is -0.339 e. The van der Waals surface area contributed by atoms with Gasteiger partial charge in [-0.3, -0.25) is 19.8 Å². The molecular formula is C17H20N4O3S2. The maximum Gasteiger partial charge on any atom is 0.269 e. The molecule has 1 aliphatic heterocycles. The maximum atomic E-state index is 12.4. The molecule has 26 heavy (non-hydrogen) atoms. The second-order valence-electron chi connectivity index (χ2n) is 6.05. The summed E-state index contributed by atoms with van der Waals surface area (Å²) in [5.74, 6) is 0.459. The van der Waals surface area contributed by atoms with E-state index in [-0.39, 0.29) is 11.6 Å². The second-order valence-corrected chi connectivity index (χ2v) is 8.17. The number of nitro groups is 1. The average Bonchev–Trinajstić information content (AvgIpc) is 3.05. The lowest BCUT2D eigenvalue weighted by Crippen LogP contribution is -2.48. The highest BCUT2D eigenvalue weighted by atomic mass is 32.2. The summed E-state index contributed by atoms with van der Waals surface area (Å²) in [4.78, 5) is 32.2. The Balaban J connectivity index is 1.42. The molecule has 1 aromatic heterocycles. The highest BCUT2D eigenvalue weighted by Crippen LogP contribution is 2.22. The van der Waals surface area contributed by atoms with Crippen LogP contribution in [0.5, 0.6) is 0 Å². The number of hydrogen-bond donors (Lipinski definition) is 0. The largest absolute Gasteiger partial charge is 0.339 e. The molecule has 7 nitrogen and oxygen atoms in total. The van der Waals surface area contributed by atoms with Crippen LogP contribution in [-0.4, -0.2) is 57.5 Å². The van der Waals surface area contributed by atoms with Crippen LogP contribution in [0.25, 0.3) is 0 Å². The van der Waals surface area contributed by atoms with Gasteiger partial charge in [0.05, 0.1) is 21.4 Å². The van der Waals surface area contributed by atoms with E-state index in [9.17, 15) is 14.9 Å². The molecule has 2 heterocycles. The lowest BCUT2D eigenvalue weighted by atomic mass is 10.3. The SMILES string of the molecule is Cc1nc(CN2CCN(C(=O)CSc3ccc([N+](=O)[O-])cc3)CC2)cs1. The van der Waals surface area contributed by atoms with Gasteiger partial charge in [-0.2, -0.15) is 0 Å². The van der Waals surface area contributed by atoms with Crippen LogP contribution in [0.2, 0.25) is 0 Å². The molecule has 2 aromatic rings. The van der Waals surface area contributed by atoms with Crippen LogP contribution < -0.4 is 0 Å². The first-order valence-electron chi connectivity index (χ1n) is 8.29. The number of rotatable bonds is 6. The summed E-state index contributed by atoms with van der Waals surface area (Å²) in [6.45, 7) is 6.00. The molecule has 1 aromatic carbocycles. The average molecular weight is 393 g/mol. The van der Waals surface area contributed by atoms with Gasteiger partial charge in [0.1, 0.15) is 0 Å². The Bertz CT molecular complexity index is 771. The fourth-order valence-electron chi connectivity index (χ4n) is 2.77. The van der Waals surface area contributed by atoms with Gasteiger partial charge in [0.2, 0.25) is 5.91 Å². The third kappa shape index (κ3) is 5.03. The van der Waals surface area contributed by atoms with E-state index in [1.165, 1.54) is 23.9 Å². The second kappa shape index (κ2) is 8.61. The minimum atomic E-state index is -0.425. The predicted octanol–water partition coefficient (Wildman–Crippen LogP) is 2.80. The number of aromatic nitrogens is 1. The molecule has 138 valence electrons. The first kappa shape index (κ1) is 18.8. The highest BCUT2D eigenvalue weighted by Gasteiger charge is 2.21. The molecule has 0 atom stereocenters. The van der Waals surface area contributed by atoms with E-state index >= 15 is 0 Å². The zero-order chi connectivity index (χ0) is 18.5. The van der Waals surface area contributed by atoms with Crippen molar-refractivity contribution >= 4 is 34.7 Å². The van der Waals surface area contributed by atoms with Gasteiger partial charge in [-0.25, -0.2) is 4.98 Å². The van der Waals surface area contributed by atoms with E-state index in [1.54, 1.807) is 23.5 Å². The molecule has 0 spiro atoms. The summed E-state index contributed by atoms with van der Waals surface area (Å²) in [5, 5.41) is 13.8. The van der Waals surface area contributed by atoms with Crippen molar-refractivity contribution in [3.63, 3.8) is 0 Å². The van der Waals surface area contributed by atoms with Crippen LogP contribution in [-0.2, 0) is 11.3 Å². The first-order chi connectivity index (χ1) is 12.5. The number of aryl methyl sites for hydroxylation is 1. The standard InChI is InChI=1S/C17H20N4O3S2/c1-13-18-14(11-25-13)10-19-6-8-20(9-7-19)17(22)12-26-16-4-2-15(3-5-16)21(23)24/h2-5,11H,6-10,12H2,1H3. The summed E-state index contributed by atoms with van der Waals surface area (Å²) >= 11 is 3.08. The van der Waals surface area contributed by atoms with Crippen molar-refractivity contribution < 1.29 is 9.72 Å². The van der Waals surface area contributed by atoms with Crippen molar-refractivity contribution in [3.05, 3.63) is 50.5 Å². The number of nitrogens with zero attached hydrogens (tertiary/aromatic N) is 4. The Hall–Kier alpha value is -1.97. The Morgan fingerprint density at radius 2 is 1.96 bits per heavy atom. The van der Waals surface area contributed by atoms with Crippen molar-refractivity contribution in [2.75, 3.05) is 31.9 Å². The summed E-state index contributed by atoms with van der Waals surface area (Å²) in [7, 11) is 0. The highest BCUT2D eigenvalue weighted by molar-refractivity contribution is 8.00. The minimum absolute atomic E-state index is 0.0621. The van der Waals surface area contributed by atoms with Gasteiger partial charge in [0.25, 0.3) is 5.69 Å². The number of carbonyl (C=O) groups is 1. The molecular weight excluding hydrogens is 372 g/mol. The van der Waals surface area contributed by atoms with E-state index in [0.29, 0.717) is 5.75 Å². The van der Waals surface area contributed by atoms with Crippen LogP contribution in [0.4, 0.5) is 5.69 Å². The van der Waals surface area contributed by atoms with E-state index in [2.05, 4.69) is 15.3 Å². The third-order valence-electron chi connectivity index (χ3n) is 4.19. The molecule has 1 aliphatic rings. The molecule has 1 amide bonds. The van der Waals surface area contributed by atoms with Gasteiger partial charge in [-0.15, -0.1) is 23.1 Å². The number of nitro benzene ring substituents is 1. The predicted molar refractivity (Wildman–Crippen MR) is 103 cm³/mol. The molecule has 0 aliphatic carbocycles. The summed E-state index contributed by atoms with van der Waals surface area (Å²) in [5.41, 5.74) is 1.16. The van der Waals surface area contributed by atoms with Gasteiger partial charge >= 0.3 is 0 Å². The molecule has 1 fully saturated rings. The number of piperazine rings is 1. The number of non-ortho nitro benzene ring substituents is 1. The van der Waals surface area contributed by atoms with Crippen molar-refractivity contribution in [3.8, 4) is 0 Å². The van der Waals surface area contributed by atoms with Gasteiger partial charge in [-0.1, -0.05) is 0 Å². The van der Waals surface area contributed by atoms with Gasteiger partial charge < -0.3 is 4.90 Å². The number of thioether (sulfide) groups is 1. The van der Waals surface area contributed by atoms with Crippen LogP contribution in [0.3, 0.4) is 0 Å². The number of amides is 1. The van der Waals surface area contributed by atoms with Crippen molar-refractivity contribution in [1.82, 2.24) is 14.8 Å². The number of thiazole rings is 1. The fourth-order valence-corrected chi connectivity index (χ4v) is 4.17.